The predicted octanol–water partition coefficient (Wildman–Crippen LogP) is 4.17. The van der Waals surface area contributed by atoms with E-state index in [1.54, 1.807) is 24.3 Å². The van der Waals surface area contributed by atoms with Crippen LogP contribution in [-0.2, 0) is 5.75 Å². The van der Waals surface area contributed by atoms with Crippen molar-refractivity contribution in [3.63, 3.8) is 0 Å². The molecular formula is C23H17N5O2S. The van der Waals surface area contributed by atoms with Crippen LogP contribution in [0.4, 0.5) is 0 Å². The van der Waals surface area contributed by atoms with Crippen LogP contribution in [0, 0.1) is 0 Å². The quantitative estimate of drug-likeness (QED) is 0.409. The minimum atomic E-state index is -0.166. The van der Waals surface area contributed by atoms with Gasteiger partial charge in [-0.1, -0.05) is 54.2 Å². The third kappa shape index (κ3) is 3.69. The number of para-hydroxylation sites is 3. The van der Waals surface area contributed by atoms with E-state index in [4.69, 9.17) is 0 Å². The summed E-state index contributed by atoms with van der Waals surface area (Å²) >= 11 is 1.41. The summed E-state index contributed by atoms with van der Waals surface area (Å²) in [6.45, 7) is 0. The van der Waals surface area contributed by atoms with Crippen LogP contribution in [0.2, 0.25) is 0 Å². The van der Waals surface area contributed by atoms with Gasteiger partial charge in [0.05, 0.1) is 22.2 Å². The number of phenols is 1. The second-order valence-electron chi connectivity index (χ2n) is 6.81. The highest BCUT2D eigenvalue weighted by molar-refractivity contribution is 7.98. The molecule has 0 radical (unpaired) electrons. The summed E-state index contributed by atoms with van der Waals surface area (Å²) in [7, 11) is 0. The lowest BCUT2D eigenvalue weighted by Crippen LogP contribution is -2.11. The first-order valence-electron chi connectivity index (χ1n) is 9.60. The molecule has 0 saturated carbocycles. The summed E-state index contributed by atoms with van der Waals surface area (Å²) in [5.41, 5.74) is 1.94. The molecule has 2 N–H and O–H groups in total. The number of aromatic nitrogens is 5. The maximum absolute atomic E-state index is 12.4. The molecule has 0 aliphatic heterocycles. The van der Waals surface area contributed by atoms with Gasteiger partial charge in [-0.05, 0) is 36.4 Å². The Hall–Kier alpha value is -3.91. The molecule has 2 heterocycles. The number of rotatable bonds is 5. The van der Waals surface area contributed by atoms with E-state index in [-0.39, 0.29) is 11.3 Å². The molecule has 8 heteroatoms. The lowest BCUT2D eigenvalue weighted by atomic mass is 10.2. The molecule has 5 rings (SSSR count). The third-order valence-electron chi connectivity index (χ3n) is 4.79. The molecule has 0 unspecified atom stereocenters. The first-order chi connectivity index (χ1) is 15.2. The number of fused-ring (bicyclic) bond motifs is 1. The Morgan fingerprint density at radius 1 is 0.903 bits per heavy atom. The third-order valence-corrected chi connectivity index (χ3v) is 5.73. The molecule has 0 bridgehead atoms. The molecule has 0 fully saturated rings. The zero-order valence-electron chi connectivity index (χ0n) is 16.3. The van der Waals surface area contributed by atoms with Crippen LogP contribution < -0.4 is 5.56 Å². The maximum Gasteiger partial charge on any atom is 0.258 e. The number of hydrogen-bond acceptors (Lipinski definition) is 6. The van der Waals surface area contributed by atoms with Crippen LogP contribution in [-0.4, -0.2) is 29.8 Å². The minimum absolute atomic E-state index is 0.129. The summed E-state index contributed by atoms with van der Waals surface area (Å²) in [5, 5.41) is 20.2. The summed E-state index contributed by atoms with van der Waals surface area (Å²) in [6, 6.07) is 24.0. The molecule has 0 amide bonds. The molecule has 3 aromatic carbocycles. The van der Waals surface area contributed by atoms with E-state index in [1.165, 1.54) is 11.8 Å². The second kappa shape index (κ2) is 8.08. The fourth-order valence-corrected chi connectivity index (χ4v) is 4.17. The van der Waals surface area contributed by atoms with Gasteiger partial charge in [0.25, 0.3) is 5.56 Å². The predicted molar refractivity (Wildman–Crippen MR) is 120 cm³/mol. The molecule has 0 spiro atoms. The Morgan fingerprint density at radius 2 is 1.65 bits per heavy atom. The van der Waals surface area contributed by atoms with Crippen molar-refractivity contribution in [3.8, 4) is 22.8 Å². The van der Waals surface area contributed by atoms with Crippen molar-refractivity contribution in [3.05, 3.63) is 95.0 Å². The van der Waals surface area contributed by atoms with Crippen molar-refractivity contribution in [1.29, 1.82) is 0 Å². The van der Waals surface area contributed by atoms with Gasteiger partial charge in [-0.3, -0.25) is 9.36 Å². The molecule has 7 nitrogen and oxygen atoms in total. The SMILES string of the molecule is O=c1[nH]c(CSc2nnc(-c3ccccc3O)n2-c2ccccc2)nc2ccccc12. The number of hydrogen-bond donors (Lipinski definition) is 2. The van der Waals surface area contributed by atoms with Crippen molar-refractivity contribution in [2.75, 3.05) is 0 Å². The lowest BCUT2D eigenvalue weighted by molar-refractivity contribution is 0.476. The molecule has 31 heavy (non-hydrogen) atoms. The number of aromatic hydroxyl groups is 1. The van der Waals surface area contributed by atoms with Gasteiger partial charge in [0.1, 0.15) is 11.6 Å². The number of phenolic OH excluding ortho intramolecular Hbond substituents is 1. The Kier molecular flexibility index (Phi) is 4.97. The highest BCUT2D eigenvalue weighted by atomic mass is 32.2. The Balaban J connectivity index is 1.54. The molecular weight excluding hydrogens is 410 g/mol. The fourth-order valence-electron chi connectivity index (χ4n) is 3.35. The van der Waals surface area contributed by atoms with Crippen LogP contribution in [0.15, 0.2) is 88.8 Å². The molecule has 0 saturated heterocycles. The van der Waals surface area contributed by atoms with Crippen LogP contribution in [0.3, 0.4) is 0 Å². The number of aromatic amines is 1. The summed E-state index contributed by atoms with van der Waals surface area (Å²) in [5.74, 6) is 1.63. The van der Waals surface area contributed by atoms with Crippen molar-refractivity contribution in [1.82, 2.24) is 24.7 Å². The number of benzene rings is 3. The Morgan fingerprint density at radius 3 is 2.48 bits per heavy atom. The van der Waals surface area contributed by atoms with Gasteiger partial charge in [-0.25, -0.2) is 4.98 Å². The van der Waals surface area contributed by atoms with Crippen molar-refractivity contribution in [2.45, 2.75) is 10.9 Å². The highest BCUT2D eigenvalue weighted by Crippen LogP contribution is 2.33. The number of nitrogens with one attached hydrogen (secondary N) is 1. The van der Waals surface area contributed by atoms with E-state index in [0.29, 0.717) is 39.0 Å². The van der Waals surface area contributed by atoms with Gasteiger partial charge in [0, 0.05) is 5.69 Å². The summed E-state index contributed by atoms with van der Waals surface area (Å²) < 4.78 is 1.89. The minimum Gasteiger partial charge on any atom is -0.507 e. The van der Waals surface area contributed by atoms with Gasteiger partial charge < -0.3 is 10.1 Å². The van der Waals surface area contributed by atoms with Crippen LogP contribution in [0.1, 0.15) is 5.82 Å². The van der Waals surface area contributed by atoms with Gasteiger partial charge in [0.15, 0.2) is 11.0 Å². The Labute approximate surface area is 181 Å². The average Bonchev–Trinajstić information content (AvgIpc) is 3.22. The van der Waals surface area contributed by atoms with E-state index >= 15 is 0 Å². The smallest absolute Gasteiger partial charge is 0.258 e. The molecule has 2 aromatic heterocycles. The number of thioether (sulfide) groups is 1. The number of H-pyrrole nitrogens is 1. The molecule has 0 aliphatic carbocycles. The average molecular weight is 427 g/mol. The highest BCUT2D eigenvalue weighted by Gasteiger charge is 2.18. The van der Waals surface area contributed by atoms with E-state index in [9.17, 15) is 9.90 Å². The van der Waals surface area contributed by atoms with Gasteiger partial charge in [-0.15, -0.1) is 10.2 Å². The largest absolute Gasteiger partial charge is 0.507 e. The van der Waals surface area contributed by atoms with Gasteiger partial charge >= 0.3 is 0 Å². The first kappa shape index (κ1) is 19.1. The molecule has 0 aliphatic rings. The zero-order valence-corrected chi connectivity index (χ0v) is 17.1. The van der Waals surface area contributed by atoms with Gasteiger partial charge in [-0.2, -0.15) is 0 Å². The molecule has 152 valence electrons. The van der Waals surface area contributed by atoms with Crippen molar-refractivity contribution >= 4 is 22.7 Å². The molecule has 0 atom stereocenters. The topological polar surface area (TPSA) is 96.7 Å². The normalized spacial score (nSPS) is 11.1. The summed E-state index contributed by atoms with van der Waals surface area (Å²) in [4.78, 5) is 19.8. The summed E-state index contributed by atoms with van der Waals surface area (Å²) in [6.07, 6.45) is 0. The fraction of sp³-hybridized carbons (Fsp3) is 0.0435. The van der Waals surface area contributed by atoms with E-state index in [0.717, 1.165) is 5.69 Å². The lowest BCUT2D eigenvalue weighted by Gasteiger charge is -2.11. The van der Waals surface area contributed by atoms with E-state index < -0.39 is 0 Å². The van der Waals surface area contributed by atoms with Crippen molar-refractivity contribution in [2.24, 2.45) is 0 Å². The first-order valence-corrected chi connectivity index (χ1v) is 10.6. The number of nitrogens with zero attached hydrogens (tertiary/aromatic N) is 4. The van der Waals surface area contributed by atoms with Crippen LogP contribution >= 0.6 is 11.8 Å². The Bertz CT molecular complexity index is 1430. The zero-order chi connectivity index (χ0) is 21.2. The van der Waals surface area contributed by atoms with E-state index in [1.807, 2.05) is 59.2 Å². The van der Waals surface area contributed by atoms with Crippen LogP contribution in [0.25, 0.3) is 28.0 Å². The van der Waals surface area contributed by atoms with Crippen molar-refractivity contribution < 1.29 is 5.11 Å². The van der Waals surface area contributed by atoms with E-state index in [2.05, 4.69) is 20.2 Å². The maximum atomic E-state index is 12.4. The molecule has 5 aromatic rings. The monoisotopic (exact) mass is 427 g/mol. The van der Waals surface area contributed by atoms with Gasteiger partial charge in [0.2, 0.25) is 0 Å². The van der Waals surface area contributed by atoms with Crippen LogP contribution in [0.5, 0.6) is 5.75 Å². The standard InChI is InChI=1S/C23H17N5O2S/c29-19-13-7-5-11-17(19)21-26-27-23(28(21)15-8-2-1-3-9-15)31-14-20-24-18-12-6-4-10-16(18)22(30)25-20/h1-13,29H,14H2,(H,24,25,30). The second-order valence-corrected chi connectivity index (χ2v) is 7.76.